The van der Waals surface area contributed by atoms with Crippen LogP contribution in [0.2, 0.25) is 0 Å². The summed E-state index contributed by atoms with van der Waals surface area (Å²) in [5.41, 5.74) is 5.21. The van der Waals surface area contributed by atoms with Crippen molar-refractivity contribution in [1.82, 2.24) is 10.2 Å². The van der Waals surface area contributed by atoms with E-state index in [0.29, 0.717) is 6.54 Å². The molecule has 4 heteroatoms. The molecular formula is C23H29N3O. The average Bonchev–Trinajstić information content (AvgIpc) is 3.26. The molecule has 2 aliphatic heterocycles. The van der Waals surface area contributed by atoms with Gasteiger partial charge in [0, 0.05) is 38.4 Å². The first kappa shape index (κ1) is 18.1. The highest BCUT2D eigenvalue weighted by Gasteiger charge is 2.25. The third-order valence-electron chi connectivity index (χ3n) is 5.94. The number of nitrogens with one attached hydrogen (secondary N) is 1. The van der Waals surface area contributed by atoms with Crippen LogP contribution in [0, 0.1) is 0 Å². The topological polar surface area (TPSA) is 35.6 Å². The molecule has 0 bridgehead atoms. The van der Waals surface area contributed by atoms with Crippen molar-refractivity contribution < 1.29 is 4.79 Å². The number of anilines is 1. The van der Waals surface area contributed by atoms with Crippen LogP contribution in [-0.4, -0.2) is 36.5 Å². The Bertz CT molecular complexity index is 798. The van der Waals surface area contributed by atoms with Gasteiger partial charge in [0.2, 0.25) is 5.91 Å². The molecule has 0 saturated carbocycles. The second-order valence-corrected chi connectivity index (χ2v) is 7.75. The average molecular weight is 364 g/mol. The van der Waals surface area contributed by atoms with Crippen LogP contribution in [-0.2, 0) is 24.3 Å². The third kappa shape index (κ3) is 4.16. The molecule has 0 spiro atoms. The van der Waals surface area contributed by atoms with Crippen LogP contribution in [0.25, 0.3) is 0 Å². The summed E-state index contributed by atoms with van der Waals surface area (Å²) >= 11 is 0. The van der Waals surface area contributed by atoms with Crippen LogP contribution < -0.4 is 10.2 Å². The van der Waals surface area contributed by atoms with Gasteiger partial charge in [-0.2, -0.15) is 0 Å². The van der Waals surface area contributed by atoms with Crippen molar-refractivity contribution in [2.75, 3.05) is 24.5 Å². The van der Waals surface area contributed by atoms with Crippen LogP contribution in [0.1, 0.15) is 36.5 Å². The van der Waals surface area contributed by atoms with E-state index in [-0.39, 0.29) is 11.9 Å². The van der Waals surface area contributed by atoms with Gasteiger partial charge in [0.1, 0.15) is 0 Å². The lowest BCUT2D eigenvalue weighted by molar-refractivity contribution is -0.126. The Labute approximate surface area is 162 Å². The summed E-state index contributed by atoms with van der Waals surface area (Å²) in [6, 6.07) is 17.0. The van der Waals surface area contributed by atoms with Gasteiger partial charge in [-0.3, -0.25) is 9.69 Å². The molecule has 1 saturated heterocycles. The van der Waals surface area contributed by atoms with E-state index in [4.69, 9.17) is 0 Å². The number of benzene rings is 2. The minimum Gasteiger partial charge on any atom is -0.372 e. The molecule has 4 nitrogen and oxygen atoms in total. The van der Waals surface area contributed by atoms with Gasteiger partial charge in [0.25, 0.3) is 0 Å². The zero-order valence-corrected chi connectivity index (χ0v) is 16.2. The molecule has 142 valence electrons. The second kappa shape index (κ2) is 8.13. The van der Waals surface area contributed by atoms with E-state index in [1.165, 1.54) is 35.2 Å². The van der Waals surface area contributed by atoms with E-state index >= 15 is 0 Å². The van der Waals surface area contributed by atoms with Gasteiger partial charge in [-0.15, -0.1) is 0 Å². The molecular weight excluding hydrogens is 334 g/mol. The highest BCUT2D eigenvalue weighted by Crippen LogP contribution is 2.22. The lowest BCUT2D eigenvalue weighted by atomic mass is 9.99. The molecule has 0 aromatic heterocycles. The Hall–Kier alpha value is -2.33. The number of fused-ring (bicyclic) bond motifs is 1. The molecule has 1 unspecified atom stereocenters. The van der Waals surface area contributed by atoms with Crippen LogP contribution in [0.3, 0.4) is 0 Å². The van der Waals surface area contributed by atoms with Gasteiger partial charge in [-0.25, -0.2) is 0 Å². The minimum absolute atomic E-state index is 0.111. The van der Waals surface area contributed by atoms with Crippen molar-refractivity contribution in [3.63, 3.8) is 0 Å². The fourth-order valence-electron chi connectivity index (χ4n) is 4.19. The summed E-state index contributed by atoms with van der Waals surface area (Å²) in [6.45, 7) is 6.69. The molecule has 2 aromatic carbocycles. The summed E-state index contributed by atoms with van der Waals surface area (Å²) in [6.07, 6.45) is 3.57. The maximum Gasteiger partial charge on any atom is 0.237 e. The zero-order chi connectivity index (χ0) is 18.6. The SMILES string of the molecule is CC(C(=O)NCc1cccc(N2CCCC2)c1)N1CCc2ccccc2C1. The van der Waals surface area contributed by atoms with Crippen molar-refractivity contribution in [2.24, 2.45) is 0 Å². The summed E-state index contributed by atoms with van der Waals surface area (Å²) in [5.74, 6) is 0.112. The van der Waals surface area contributed by atoms with Gasteiger partial charge in [-0.1, -0.05) is 36.4 Å². The van der Waals surface area contributed by atoms with Gasteiger partial charge in [0.05, 0.1) is 6.04 Å². The molecule has 1 fully saturated rings. The highest BCUT2D eigenvalue weighted by atomic mass is 16.2. The van der Waals surface area contributed by atoms with Gasteiger partial charge in [-0.05, 0) is 55.0 Å². The van der Waals surface area contributed by atoms with Crippen LogP contribution >= 0.6 is 0 Å². The normalized spacial score (nSPS) is 18.2. The standard InChI is InChI=1S/C23H29N3O/c1-18(26-14-11-20-8-2-3-9-21(20)17-26)23(27)24-16-19-7-6-10-22(15-19)25-12-4-5-13-25/h2-3,6-10,15,18H,4-5,11-14,16-17H2,1H3,(H,24,27). The number of carbonyl (C=O) groups excluding carboxylic acids is 1. The van der Waals surface area contributed by atoms with E-state index in [1.54, 1.807) is 0 Å². The van der Waals surface area contributed by atoms with E-state index in [2.05, 4.69) is 63.6 Å². The number of nitrogens with zero attached hydrogens (tertiary/aromatic N) is 2. The Morgan fingerprint density at radius 3 is 2.63 bits per heavy atom. The fraction of sp³-hybridized carbons (Fsp3) is 0.435. The van der Waals surface area contributed by atoms with Crippen molar-refractivity contribution in [3.05, 3.63) is 65.2 Å². The van der Waals surface area contributed by atoms with Crippen LogP contribution in [0.15, 0.2) is 48.5 Å². The third-order valence-corrected chi connectivity index (χ3v) is 5.94. The number of rotatable bonds is 5. The summed E-state index contributed by atoms with van der Waals surface area (Å²) in [7, 11) is 0. The van der Waals surface area contributed by atoms with Gasteiger partial charge in [0.15, 0.2) is 0 Å². The molecule has 27 heavy (non-hydrogen) atoms. The molecule has 0 aliphatic carbocycles. The Morgan fingerprint density at radius 1 is 1.04 bits per heavy atom. The van der Waals surface area contributed by atoms with Crippen molar-refractivity contribution in [2.45, 2.75) is 45.3 Å². The largest absolute Gasteiger partial charge is 0.372 e. The lowest BCUT2D eigenvalue weighted by Crippen LogP contribution is -2.46. The van der Waals surface area contributed by atoms with Crippen molar-refractivity contribution >= 4 is 11.6 Å². The molecule has 4 rings (SSSR count). The van der Waals surface area contributed by atoms with E-state index in [9.17, 15) is 4.79 Å². The Kier molecular flexibility index (Phi) is 5.44. The Balaban J connectivity index is 1.33. The van der Waals surface area contributed by atoms with Crippen molar-refractivity contribution in [3.8, 4) is 0 Å². The fourth-order valence-corrected chi connectivity index (χ4v) is 4.19. The minimum atomic E-state index is -0.111. The summed E-state index contributed by atoms with van der Waals surface area (Å²) < 4.78 is 0. The first-order valence-electron chi connectivity index (χ1n) is 10.1. The molecule has 1 N–H and O–H groups in total. The molecule has 0 radical (unpaired) electrons. The van der Waals surface area contributed by atoms with E-state index in [0.717, 1.165) is 32.6 Å². The number of carbonyl (C=O) groups is 1. The Morgan fingerprint density at radius 2 is 1.81 bits per heavy atom. The summed E-state index contributed by atoms with van der Waals surface area (Å²) in [4.78, 5) is 17.4. The highest BCUT2D eigenvalue weighted by molar-refractivity contribution is 5.81. The number of hydrogen-bond acceptors (Lipinski definition) is 3. The van der Waals surface area contributed by atoms with Gasteiger partial charge < -0.3 is 10.2 Å². The lowest BCUT2D eigenvalue weighted by Gasteiger charge is -2.32. The van der Waals surface area contributed by atoms with Gasteiger partial charge >= 0.3 is 0 Å². The zero-order valence-electron chi connectivity index (χ0n) is 16.2. The number of amides is 1. The maximum absolute atomic E-state index is 12.7. The quantitative estimate of drug-likeness (QED) is 0.885. The monoisotopic (exact) mass is 363 g/mol. The maximum atomic E-state index is 12.7. The molecule has 2 heterocycles. The van der Waals surface area contributed by atoms with E-state index < -0.39 is 0 Å². The van der Waals surface area contributed by atoms with E-state index in [1.807, 2.05) is 6.92 Å². The number of hydrogen-bond donors (Lipinski definition) is 1. The first-order valence-corrected chi connectivity index (χ1v) is 10.1. The molecule has 2 aliphatic rings. The molecule has 1 atom stereocenters. The predicted octanol–water partition coefficient (Wildman–Crippen LogP) is 3.35. The second-order valence-electron chi connectivity index (χ2n) is 7.75. The predicted molar refractivity (Wildman–Crippen MR) is 110 cm³/mol. The molecule has 2 aromatic rings. The first-order chi connectivity index (χ1) is 13.2. The summed E-state index contributed by atoms with van der Waals surface area (Å²) in [5, 5.41) is 3.14. The smallest absolute Gasteiger partial charge is 0.237 e. The van der Waals surface area contributed by atoms with Crippen LogP contribution in [0.4, 0.5) is 5.69 Å². The van der Waals surface area contributed by atoms with Crippen molar-refractivity contribution in [1.29, 1.82) is 0 Å². The van der Waals surface area contributed by atoms with Crippen LogP contribution in [0.5, 0.6) is 0 Å². The molecule has 1 amide bonds.